The normalized spacial score (nSPS) is 11.2. The maximum atomic E-state index is 12.0. The summed E-state index contributed by atoms with van der Waals surface area (Å²) in [5.41, 5.74) is 5.67. The average Bonchev–Trinajstić information content (AvgIpc) is 3.14. The number of nitrogens with zero attached hydrogens (tertiary/aromatic N) is 2. The smallest absolute Gasteiger partial charge is 0.328 e. The number of aryl methyl sites for hydroxylation is 2. The van der Waals surface area contributed by atoms with Gasteiger partial charge < -0.3 is 22.7 Å². The molecule has 6 heteroatoms. The highest BCUT2D eigenvalue weighted by molar-refractivity contribution is 5.83. The predicted octanol–water partition coefficient (Wildman–Crippen LogP) is -0.305. The predicted molar refractivity (Wildman–Crippen MR) is 102 cm³/mol. The van der Waals surface area contributed by atoms with Crippen molar-refractivity contribution in [1.82, 2.24) is 19.4 Å². The molecule has 0 radical (unpaired) electrons. The minimum atomic E-state index is 0. The van der Waals surface area contributed by atoms with Gasteiger partial charge in [0.2, 0.25) is 0 Å². The van der Waals surface area contributed by atoms with Gasteiger partial charge >= 0.3 is 5.69 Å². The van der Waals surface area contributed by atoms with E-state index in [9.17, 15) is 4.79 Å². The van der Waals surface area contributed by atoms with Crippen LogP contribution >= 0.6 is 0 Å². The molecule has 0 bridgehead atoms. The third kappa shape index (κ3) is 3.16. The fraction of sp³-hybridized carbons (Fsp3) is 0.250. The van der Waals surface area contributed by atoms with E-state index in [0.717, 1.165) is 30.5 Å². The van der Waals surface area contributed by atoms with E-state index in [1.54, 1.807) is 9.13 Å². The summed E-state index contributed by atoms with van der Waals surface area (Å²) in [6, 6.07) is 14.6. The molecule has 4 aromatic rings. The fourth-order valence-electron chi connectivity index (χ4n) is 3.46. The summed E-state index contributed by atoms with van der Waals surface area (Å²) in [6.07, 6.45) is 3.08. The van der Waals surface area contributed by atoms with Crippen molar-refractivity contribution < 1.29 is 12.4 Å². The van der Waals surface area contributed by atoms with Crippen LogP contribution in [0.3, 0.4) is 0 Å². The molecule has 136 valence electrons. The minimum absolute atomic E-state index is 0. The first-order valence-electron chi connectivity index (χ1n) is 8.55. The molecule has 0 saturated carbocycles. The number of H-pyrrole nitrogens is 1. The highest BCUT2D eigenvalue weighted by Crippen LogP contribution is 2.18. The zero-order chi connectivity index (χ0) is 17.4. The lowest BCUT2D eigenvalue weighted by Gasteiger charge is -2.06. The Morgan fingerprint density at radius 2 is 1.81 bits per heavy atom. The number of fused-ring (bicyclic) bond motifs is 2. The summed E-state index contributed by atoms with van der Waals surface area (Å²) in [4.78, 5) is 15.3. The monoisotopic (exact) mass is 369 g/mol. The third-order valence-corrected chi connectivity index (χ3v) is 4.91. The number of aromatic nitrogens is 3. The number of imidazole rings is 1. The van der Waals surface area contributed by atoms with Crippen LogP contribution in [-0.4, -0.2) is 20.7 Å². The lowest BCUT2D eigenvalue weighted by atomic mass is 10.1. The van der Waals surface area contributed by atoms with Gasteiger partial charge in [0.15, 0.2) is 0 Å². The number of halogens is 1. The van der Waals surface area contributed by atoms with Crippen molar-refractivity contribution in [3.63, 3.8) is 0 Å². The van der Waals surface area contributed by atoms with E-state index in [4.69, 9.17) is 0 Å². The molecule has 0 aliphatic carbocycles. The van der Waals surface area contributed by atoms with Gasteiger partial charge in [0, 0.05) is 37.7 Å². The fourth-order valence-corrected chi connectivity index (χ4v) is 3.46. The molecular formula is C20H22ClN4O-. The summed E-state index contributed by atoms with van der Waals surface area (Å²) < 4.78 is 3.38. The van der Waals surface area contributed by atoms with Gasteiger partial charge in [-0.25, -0.2) is 4.79 Å². The van der Waals surface area contributed by atoms with Crippen LogP contribution in [-0.2, 0) is 27.1 Å². The Labute approximate surface area is 158 Å². The first-order chi connectivity index (χ1) is 12.1. The van der Waals surface area contributed by atoms with Crippen molar-refractivity contribution >= 4 is 21.9 Å². The summed E-state index contributed by atoms with van der Waals surface area (Å²) >= 11 is 0. The molecule has 26 heavy (non-hydrogen) atoms. The molecule has 0 fully saturated rings. The Kier molecular flexibility index (Phi) is 5.20. The van der Waals surface area contributed by atoms with Crippen molar-refractivity contribution in [2.45, 2.75) is 13.0 Å². The Morgan fingerprint density at radius 1 is 1.04 bits per heavy atom. The van der Waals surface area contributed by atoms with Crippen molar-refractivity contribution in [2.24, 2.45) is 14.1 Å². The van der Waals surface area contributed by atoms with Gasteiger partial charge in [-0.05, 0) is 42.3 Å². The minimum Gasteiger partial charge on any atom is -1.00 e. The first kappa shape index (κ1) is 18.3. The zero-order valence-corrected chi connectivity index (χ0v) is 15.7. The highest BCUT2D eigenvalue weighted by atomic mass is 35.5. The molecule has 0 spiro atoms. The second kappa shape index (κ2) is 7.40. The van der Waals surface area contributed by atoms with E-state index < -0.39 is 0 Å². The number of aromatic amines is 1. The lowest BCUT2D eigenvalue weighted by molar-refractivity contribution is -0.00000522. The maximum absolute atomic E-state index is 12.0. The van der Waals surface area contributed by atoms with E-state index in [1.807, 2.05) is 26.2 Å². The average molecular weight is 370 g/mol. The van der Waals surface area contributed by atoms with Gasteiger partial charge in [0.25, 0.3) is 0 Å². The second-order valence-corrected chi connectivity index (χ2v) is 6.51. The molecule has 0 amide bonds. The van der Waals surface area contributed by atoms with Crippen LogP contribution in [0.25, 0.3) is 21.9 Å². The van der Waals surface area contributed by atoms with Crippen molar-refractivity contribution in [3.05, 3.63) is 70.3 Å². The Hall–Kier alpha value is -2.50. The second-order valence-electron chi connectivity index (χ2n) is 6.51. The van der Waals surface area contributed by atoms with Gasteiger partial charge in [-0.2, -0.15) is 0 Å². The molecule has 0 saturated heterocycles. The van der Waals surface area contributed by atoms with Gasteiger partial charge in [-0.1, -0.05) is 24.3 Å². The topological polar surface area (TPSA) is 54.8 Å². The molecule has 0 aliphatic heterocycles. The molecule has 2 aromatic heterocycles. The Morgan fingerprint density at radius 3 is 2.65 bits per heavy atom. The summed E-state index contributed by atoms with van der Waals surface area (Å²) in [7, 11) is 3.63. The van der Waals surface area contributed by atoms with Crippen LogP contribution in [0.4, 0.5) is 0 Å². The molecule has 4 rings (SSSR count). The molecule has 5 nitrogen and oxygen atoms in total. The number of hydrogen-bond acceptors (Lipinski definition) is 2. The zero-order valence-electron chi connectivity index (χ0n) is 14.9. The van der Waals surface area contributed by atoms with Crippen molar-refractivity contribution in [1.29, 1.82) is 0 Å². The summed E-state index contributed by atoms with van der Waals surface area (Å²) in [5, 5.41) is 4.80. The van der Waals surface area contributed by atoms with E-state index in [-0.39, 0.29) is 18.1 Å². The molecule has 2 heterocycles. The SMILES string of the molecule is Cn1c(=O)n(C)c2cc(CNCCc3c[nH]c4ccccc34)ccc21.[Cl-]. The number of rotatable bonds is 5. The maximum Gasteiger partial charge on any atom is 0.328 e. The van der Waals surface area contributed by atoms with Crippen molar-refractivity contribution in [2.75, 3.05) is 6.54 Å². The summed E-state index contributed by atoms with van der Waals surface area (Å²) in [6.45, 7) is 1.70. The molecule has 0 aliphatic rings. The van der Waals surface area contributed by atoms with Crippen LogP contribution in [0.1, 0.15) is 11.1 Å². The standard InChI is InChI=1S/C20H22N4O.ClH/c1-23-18-8-7-14(11-19(18)24(2)20(23)25)12-21-10-9-15-13-22-17-6-4-3-5-16(15)17;/h3-8,11,13,21-22H,9-10,12H2,1-2H3;1H/p-1. The van der Waals surface area contributed by atoms with E-state index >= 15 is 0 Å². The lowest BCUT2D eigenvalue weighted by Crippen LogP contribution is -3.00. The number of benzene rings is 2. The molecule has 0 unspecified atom stereocenters. The van der Waals surface area contributed by atoms with Crippen LogP contribution in [0.5, 0.6) is 0 Å². The number of nitrogens with one attached hydrogen (secondary N) is 2. The van der Waals surface area contributed by atoms with Crippen LogP contribution < -0.4 is 23.4 Å². The van der Waals surface area contributed by atoms with Gasteiger partial charge in [0.1, 0.15) is 0 Å². The van der Waals surface area contributed by atoms with Gasteiger partial charge in [-0.3, -0.25) is 9.13 Å². The first-order valence-corrected chi connectivity index (χ1v) is 8.55. The van der Waals surface area contributed by atoms with E-state index in [1.165, 1.54) is 22.0 Å². The third-order valence-electron chi connectivity index (χ3n) is 4.91. The molecule has 2 N–H and O–H groups in total. The Bertz CT molecular complexity index is 1110. The van der Waals surface area contributed by atoms with Crippen molar-refractivity contribution in [3.8, 4) is 0 Å². The molecule has 0 atom stereocenters. The van der Waals surface area contributed by atoms with Gasteiger partial charge in [0.05, 0.1) is 11.0 Å². The molecule has 2 aromatic carbocycles. The van der Waals surface area contributed by atoms with Crippen LogP contribution in [0, 0.1) is 0 Å². The highest BCUT2D eigenvalue weighted by Gasteiger charge is 2.08. The van der Waals surface area contributed by atoms with Crippen LogP contribution in [0.2, 0.25) is 0 Å². The molecular weight excluding hydrogens is 348 g/mol. The van der Waals surface area contributed by atoms with E-state index in [0.29, 0.717) is 0 Å². The largest absolute Gasteiger partial charge is 1.00 e. The number of para-hydroxylation sites is 1. The summed E-state index contributed by atoms with van der Waals surface area (Å²) in [5.74, 6) is 0. The van der Waals surface area contributed by atoms with Crippen LogP contribution in [0.15, 0.2) is 53.5 Å². The Balaban J connectivity index is 0.00000196. The van der Waals surface area contributed by atoms with Gasteiger partial charge in [-0.15, -0.1) is 0 Å². The van der Waals surface area contributed by atoms with E-state index in [2.05, 4.69) is 46.8 Å². The quantitative estimate of drug-likeness (QED) is 0.474. The number of hydrogen-bond donors (Lipinski definition) is 2.